The minimum absolute atomic E-state index is 0.136. The molecule has 0 unspecified atom stereocenters. The number of hydrogen-bond acceptors (Lipinski definition) is 4. The van der Waals surface area contributed by atoms with Gasteiger partial charge >= 0.3 is 5.97 Å². The molecule has 3 aromatic rings. The molecule has 0 radical (unpaired) electrons. The number of esters is 1. The van der Waals surface area contributed by atoms with Crippen LogP contribution in [0.3, 0.4) is 0 Å². The highest BCUT2D eigenvalue weighted by atomic mass is 16.5. The number of carbonyl (C=O) groups excluding carboxylic acids is 2. The molecule has 6 nitrogen and oxygen atoms in total. The molecule has 1 N–H and O–H groups in total. The SMILES string of the molecule is Cc1ccc(CC(=O)OCC(=O)Nc2c(C)nn(-c3ccc(C)cc3)c2C)cc1. The van der Waals surface area contributed by atoms with E-state index in [1.165, 1.54) is 0 Å². The third-order valence-electron chi connectivity index (χ3n) is 4.67. The van der Waals surface area contributed by atoms with E-state index in [1.807, 2.05) is 76.2 Å². The van der Waals surface area contributed by atoms with Gasteiger partial charge in [-0.25, -0.2) is 4.68 Å². The van der Waals surface area contributed by atoms with Crippen molar-refractivity contribution in [3.05, 3.63) is 76.6 Å². The molecule has 0 saturated heterocycles. The van der Waals surface area contributed by atoms with Gasteiger partial charge in [0.25, 0.3) is 5.91 Å². The minimum Gasteiger partial charge on any atom is -0.455 e. The number of nitrogens with one attached hydrogen (secondary N) is 1. The zero-order chi connectivity index (χ0) is 21.0. The number of hydrogen-bond donors (Lipinski definition) is 1. The number of benzene rings is 2. The maximum atomic E-state index is 12.3. The third-order valence-corrected chi connectivity index (χ3v) is 4.67. The largest absolute Gasteiger partial charge is 0.455 e. The Labute approximate surface area is 170 Å². The standard InChI is InChI=1S/C23H25N3O3/c1-15-5-9-19(10-6-15)13-22(28)29-14-21(27)24-23-17(3)25-26(18(23)4)20-11-7-16(2)8-12-20/h5-12H,13-14H2,1-4H3,(H,24,27). The van der Waals surface area contributed by atoms with Gasteiger partial charge in [0.05, 0.1) is 29.2 Å². The molecular formula is C23H25N3O3. The fraction of sp³-hybridized carbons (Fsp3) is 0.261. The number of nitrogens with zero attached hydrogens (tertiary/aromatic N) is 2. The lowest BCUT2D eigenvalue weighted by atomic mass is 10.1. The zero-order valence-electron chi connectivity index (χ0n) is 17.2. The van der Waals surface area contributed by atoms with Crippen LogP contribution in [-0.4, -0.2) is 28.3 Å². The van der Waals surface area contributed by atoms with Crippen LogP contribution in [-0.2, 0) is 20.7 Å². The van der Waals surface area contributed by atoms with Crippen LogP contribution in [0.5, 0.6) is 0 Å². The van der Waals surface area contributed by atoms with Crippen LogP contribution >= 0.6 is 0 Å². The Balaban J connectivity index is 1.59. The van der Waals surface area contributed by atoms with E-state index in [9.17, 15) is 9.59 Å². The molecular weight excluding hydrogens is 366 g/mol. The summed E-state index contributed by atoms with van der Waals surface area (Å²) in [5.41, 5.74) is 6.20. The number of anilines is 1. The second-order valence-electron chi connectivity index (χ2n) is 7.16. The number of carbonyl (C=O) groups is 2. The van der Waals surface area contributed by atoms with E-state index >= 15 is 0 Å². The topological polar surface area (TPSA) is 73.2 Å². The van der Waals surface area contributed by atoms with Crippen LogP contribution in [0.2, 0.25) is 0 Å². The zero-order valence-corrected chi connectivity index (χ0v) is 17.2. The summed E-state index contributed by atoms with van der Waals surface area (Å²) in [5, 5.41) is 7.32. The van der Waals surface area contributed by atoms with Crippen molar-refractivity contribution in [2.75, 3.05) is 11.9 Å². The first kappa shape index (κ1) is 20.3. The molecule has 6 heteroatoms. The summed E-state index contributed by atoms with van der Waals surface area (Å²) in [5.74, 6) is -0.829. The summed E-state index contributed by atoms with van der Waals surface area (Å²) in [6.45, 7) is 7.39. The van der Waals surface area contributed by atoms with E-state index in [0.29, 0.717) is 11.4 Å². The molecule has 0 atom stereocenters. The van der Waals surface area contributed by atoms with Crippen molar-refractivity contribution in [3.63, 3.8) is 0 Å². The lowest BCUT2D eigenvalue weighted by molar-refractivity contribution is -0.146. The van der Waals surface area contributed by atoms with Gasteiger partial charge in [0.15, 0.2) is 6.61 Å². The van der Waals surface area contributed by atoms with Crippen molar-refractivity contribution in [2.24, 2.45) is 0 Å². The van der Waals surface area contributed by atoms with Gasteiger partial charge in [0, 0.05) is 0 Å². The molecule has 0 aliphatic carbocycles. The van der Waals surface area contributed by atoms with Crippen molar-refractivity contribution < 1.29 is 14.3 Å². The predicted molar refractivity (Wildman–Crippen MR) is 112 cm³/mol. The summed E-state index contributed by atoms with van der Waals surface area (Å²) in [6.07, 6.45) is 0.136. The average molecular weight is 391 g/mol. The van der Waals surface area contributed by atoms with E-state index in [0.717, 1.165) is 28.1 Å². The van der Waals surface area contributed by atoms with Crippen LogP contribution in [0.15, 0.2) is 48.5 Å². The van der Waals surface area contributed by atoms with Crippen LogP contribution in [0, 0.1) is 27.7 Å². The lowest BCUT2D eigenvalue weighted by Crippen LogP contribution is -2.22. The summed E-state index contributed by atoms with van der Waals surface area (Å²) in [7, 11) is 0. The Morgan fingerprint density at radius 2 is 1.52 bits per heavy atom. The molecule has 0 bridgehead atoms. The van der Waals surface area contributed by atoms with Crippen LogP contribution in [0.25, 0.3) is 5.69 Å². The minimum atomic E-state index is -0.437. The molecule has 0 aliphatic rings. The van der Waals surface area contributed by atoms with Gasteiger partial charge in [-0.3, -0.25) is 9.59 Å². The molecule has 2 aromatic carbocycles. The molecule has 0 aliphatic heterocycles. The monoisotopic (exact) mass is 391 g/mol. The van der Waals surface area contributed by atoms with Crippen molar-refractivity contribution in [1.29, 1.82) is 0 Å². The summed E-state index contributed by atoms with van der Waals surface area (Å²) in [6, 6.07) is 15.6. The number of rotatable bonds is 6. The first-order valence-electron chi connectivity index (χ1n) is 9.48. The fourth-order valence-electron chi connectivity index (χ4n) is 3.01. The van der Waals surface area contributed by atoms with Gasteiger partial charge in [-0.2, -0.15) is 5.10 Å². The van der Waals surface area contributed by atoms with E-state index < -0.39 is 11.9 Å². The highest BCUT2D eigenvalue weighted by molar-refractivity contribution is 5.94. The van der Waals surface area contributed by atoms with Crippen molar-refractivity contribution in [2.45, 2.75) is 34.1 Å². The maximum absolute atomic E-state index is 12.3. The Hall–Kier alpha value is -3.41. The number of aromatic nitrogens is 2. The number of aryl methyl sites for hydroxylation is 3. The van der Waals surface area contributed by atoms with Gasteiger partial charge in [-0.05, 0) is 45.4 Å². The average Bonchev–Trinajstić information content (AvgIpc) is 2.97. The van der Waals surface area contributed by atoms with Gasteiger partial charge in [0.1, 0.15) is 0 Å². The number of ether oxygens (including phenoxy) is 1. The highest BCUT2D eigenvalue weighted by Crippen LogP contribution is 2.23. The Kier molecular flexibility index (Phi) is 6.12. The van der Waals surface area contributed by atoms with E-state index in [4.69, 9.17) is 4.74 Å². The first-order chi connectivity index (χ1) is 13.8. The van der Waals surface area contributed by atoms with Crippen molar-refractivity contribution in [3.8, 4) is 5.69 Å². The molecule has 0 fully saturated rings. The molecule has 150 valence electrons. The molecule has 0 spiro atoms. The van der Waals surface area contributed by atoms with Gasteiger partial charge < -0.3 is 10.1 Å². The fourth-order valence-corrected chi connectivity index (χ4v) is 3.01. The van der Waals surface area contributed by atoms with E-state index in [1.54, 1.807) is 4.68 Å². The van der Waals surface area contributed by atoms with Crippen LogP contribution < -0.4 is 5.32 Å². The summed E-state index contributed by atoms with van der Waals surface area (Å²) in [4.78, 5) is 24.3. The summed E-state index contributed by atoms with van der Waals surface area (Å²) < 4.78 is 6.90. The molecule has 0 saturated carbocycles. The van der Waals surface area contributed by atoms with E-state index in [-0.39, 0.29) is 13.0 Å². The summed E-state index contributed by atoms with van der Waals surface area (Å²) >= 11 is 0. The normalized spacial score (nSPS) is 10.6. The quantitative estimate of drug-likeness (QED) is 0.648. The maximum Gasteiger partial charge on any atom is 0.310 e. The molecule has 3 rings (SSSR count). The number of amides is 1. The molecule has 29 heavy (non-hydrogen) atoms. The van der Waals surface area contributed by atoms with E-state index in [2.05, 4.69) is 10.4 Å². The van der Waals surface area contributed by atoms with Crippen molar-refractivity contribution in [1.82, 2.24) is 9.78 Å². The third kappa shape index (κ3) is 5.10. The lowest BCUT2D eigenvalue weighted by Gasteiger charge is -2.08. The van der Waals surface area contributed by atoms with Crippen LogP contribution in [0.4, 0.5) is 5.69 Å². The second kappa shape index (κ2) is 8.73. The second-order valence-corrected chi connectivity index (χ2v) is 7.16. The highest BCUT2D eigenvalue weighted by Gasteiger charge is 2.16. The smallest absolute Gasteiger partial charge is 0.310 e. The first-order valence-corrected chi connectivity index (χ1v) is 9.48. The van der Waals surface area contributed by atoms with Crippen molar-refractivity contribution >= 4 is 17.6 Å². The van der Waals surface area contributed by atoms with Crippen LogP contribution in [0.1, 0.15) is 28.1 Å². The van der Waals surface area contributed by atoms with Gasteiger partial charge in [-0.1, -0.05) is 47.5 Å². The molecule has 1 aromatic heterocycles. The Morgan fingerprint density at radius 3 is 2.14 bits per heavy atom. The molecule has 1 heterocycles. The molecule has 1 amide bonds. The van der Waals surface area contributed by atoms with Gasteiger partial charge in [-0.15, -0.1) is 0 Å². The Bertz CT molecular complexity index is 1020. The predicted octanol–water partition coefficient (Wildman–Crippen LogP) is 3.83. The van der Waals surface area contributed by atoms with Gasteiger partial charge in [0.2, 0.25) is 0 Å². The Morgan fingerprint density at radius 1 is 0.931 bits per heavy atom.